The molecule has 5 heteroatoms. The summed E-state index contributed by atoms with van der Waals surface area (Å²) in [4.78, 5) is 12.0. The lowest BCUT2D eigenvalue weighted by Gasteiger charge is -2.17. The van der Waals surface area contributed by atoms with Gasteiger partial charge < -0.3 is 16.2 Å². The van der Waals surface area contributed by atoms with Crippen LogP contribution in [-0.4, -0.2) is 17.6 Å². The molecule has 104 valence electrons. The molecule has 0 aromatic heterocycles. The van der Waals surface area contributed by atoms with Crippen LogP contribution in [0.15, 0.2) is 48.5 Å². The SMILES string of the molecule is Nc1cc(F)cc(C(=O)N[C@H](CO)c2ccccc2)c1. The van der Waals surface area contributed by atoms with E-state index in [1.807, 2.05) is 18.2 Å². The van der Waals surface area contributed by atoms with Crippen LogP contribution in [0.4, 0.5) is 10.1 Å². The summed E-state index contributed by atoms with van der Waals surface area (Å²) >= 11 is 0. The van der Waals surface area contributed by atoms with Crippen molar-refractivity contribution in [2.45, 2.75) is 6.04 Å². The molecule has 4 nitrogen and oxygen atoms in total. The second kappa shape index (κ2) is 6.16. The number of nitrogen functional groups attached to an aromatic ring is 1. The first kappa shape index (κ1) is 14.0. The van der Waals surface area contributed by atoms with Crippen molar-refractivity contribution in [3.63, 3.8) is 0 Å². The summed E-state index contributed by atoms with van der Waals surface area (Å²) in [6, 6.07) is 12.1. The molecular weight excluding hydrogens is 259 g/mol. The van der Waals surface area contributed by atoms with E-state index in [0.29, 0.717) is 0 Å². The molecule has 0 saturated heterocycles. The normalized spacial score (nSPS) is 11.9. The first-order valence-corrected chi connectivity index (χ1v) is 6.13. The Hall–Kier alpha value is -2.40. The van der Waals surface area contributed by atoms with Crippen molar-refractivity contribution in [1.82, 2.24) is 5.32 Å². The summed E-state index contributed by atoms with van der Waals surface area (Å²) in [6.07, 6.45) is 0. The van der Waals surface area contributed by atoms with Crippen molar-refractivity contribution in [2.75, 3.05) is 12.3 Å². The van der Waals surface area contributed by atoms with Crippen molar-refractivity contribution >= 4 is 11.6 Å². The zero-order valence-electron chi connectivity index (χ0n) is 10.7. The summed E-state index contributed by atoms with van der Waals surface area (Å²) in [5, 5.41) is 12.0. The molecule has 4 N–H and O–H groups in total. The van der Waals surface area contributed by atoms with Crippen LogP contribution in [-0.2, 0) is 0 Å². The van der Waals surface area contributed by atoms with Crippen LogP contribution >= 0.6 is 0 Å². The monoisotopic (exact) mass is 274 g/mol. The maximum absolute atomic E-state index is 13.2. The summed E-state index contributed by atoms with van der Waals surface area (Å²) in [6.45, 7) is -0.249. The van der Waals surface area contributed by atoms with Crippen LogP contribution in [0.2, 0.25) is 0 Å². The van der Waals surface area contributed by atoms with E-state index in [2.05, 4.69) is 5.32 Å². The molecule has 1 atom stereocenters. The van der Waals surface area contributed by atoms with Gasteiger partial charge >= 0.3 is 0 Å². The van der Waals surface area contributed by atoms with E-state index < -0.39 is 17.8 Å². The lowest BCUT2D eigenvalue weighted by Crippen LogP contribution is -2.30. The van der Waals surface area contributed by atoms with Gasteiger partial charge in [-0.2, -0.15) is 0 Å². The van der Waals surface area contributed by atoms with E-state index in [0.717, 1.165) is 17.7 Å². The lowest BCUT2D eigenvalue weighted by molar-refractivity contribution is 0.0916. The Morgan fingerprint density at radius 3 is 2.55 bits per heavy atom. The summed E-state index contributed by atoms with van der Waals surface area (Å²) in [7, 11) is 0. The van der Waals surface area contributed by atoms with Gasteiger partial charge in [-0.3, -0.25) is 4.79 Å². The van der Waals surface area contributed by atoms with E-state index in [9.17, 15) is 14.3 Å². The van der Waals surface area contributed by atoms with Gasteiger partial charge in [-0.25, -0.2) is 4.39 Å². The van der Waals surface area contributed by atoms with Crippen LogP contribution in [0.25, 0.3) is 0 Å². The molecule has 0 saturated carbocycles. The average Bonchev–Trinajstić information content (AvgIpc) is 2.44. The topological polar surface area (TPSA) is 75.4 Å². The summed E-state index contributed by atoms with van der Waals surface area (Å²) in [5.74, 6) is -1.06. The number of hydrogen-bond acceptors (Lipinski definition) is 3. The Morgan fingerprint density at radius 2 is 1.95 bits per heavy atom. The van der Waals surface area contributed by atoms with Crippen LogP contribution in [0.1, 0.15) is 22.0 Å². The van der Waals surface area contributed by atoms with Crippen molar-refractivity contribution in [3.8, 4) is 0 Å². The van der Waals surface area contributed by atoms with E-state index in [1.165, 1.54) is 6.07 Å². The molecule has 0 aliphatic carbocycles. The molecule has 2 rings (SSSR count). The number of aliphatic hydroxyl groups is 1. The quantitative estimate of drug-likeness (QED) is 0.745. The molecule has 2 aromatic carbocycles. The number of aliphatic hydroxyl groups excluding tert-OH is 1. The van der Waals surface area contributed by atoms with Crippen LogP contribution < -0.4 is 11.1 Å². The number of benzene rings is 2. The average molecular weight is 274 g/mol. The molecule has 0 unspecified atom stereocenters. The number of nitrogens with two attached hydrogens (primary N) is 1. The van der Waals surface area contributed by atoms with Gasteiger partial charge in [0, 0.05) is 11.3 Å². The number of rotatable bonds is 4. The predicted octanol–water partition coefficient (Wildman–Crippen LogP) is 1.87. The van der Waals surface area contributed by atoms with Crippen LogP contribution in [0.3, 0.4) is 0 Å². The smallest absolute Gasteiger partial charge is 0.252 e. The van der Waals surface area contributed by atoms with Gasteiger partial charge in [0.25, 0.3) is 5.91 Å². The molecule has 0 spiro atoms. The van der Waals surface area contributed by atoms with Gasteiger partial charge in [0.05, 0.1) is 12.6 Å². The molecule has 0 radical (unpaired) electrons. The predicted molar refractivity (Wildman–Crippen MR) is 74.5 cm³/mol. The van der Waals surface area contributed by atoms with E-state index in [1.54, 1.807) is 12.1 Å². The van der Waals surface area contributed by atoms with Crippen molar-refractivity contribution in [2.24, 2.45) is 0 Å². The summed E-state index contributed by atoms with van der Waals surface area (Å²) in [5.41, 5.74) is 6.57. The van der Waals surface area contributed by atoms with E-state index in [4.69, 9.17) is 5.73 Å². The fourth-order valence-corrected chi connectivity index (χ4v) is 1.90. The Labute approximate surface area is 116 Å². The molecule has 1 amide bonds. The van der Waals surface area contributed by atoms with E-state index in [-0.39, 0.29) is 17.9 Å². The van der Waals surface area contributed by atoms with Crippen LogP contribution in [0, 0.1) is 5.82 Å². The largest absolute Gasteiger partial charge is 0.399 e. The highest BCUT2D eigenvalue weighted by Crippen LogP contribution is 2.15. The fraction of sp³-hybridized carbons (Fsp3) is 0.133. The van der Waals surface area contributed by atoms with Gasteiger partial charge in [-0.15, -0.1) is 0 Å². The Kier molecular flexibility index (Phi) is 4.32. The van der Waals surface area contributed by atoms with Crippen molar-refractivity contribution in [1.29, 1.82) is 0 Å². The van der Waals surface area contributed by atoms with Gasteiger partial charge in [-0.05, 0) is 23.8 Å². The minimum atomic E-state index is -0.574. The maximum atomic E-state index is 13.2. The molecule has 20 heavy (non-hydrogen) atoms. The minimum absolute atomic E-state index is 0.122. The van der Waals surface area contributed by atoms with Gasteiger partial charge in [-0.1, -0.05) is 30.3 Å². The van der Waals surface area contributed by atoms with Crippen molar-refractivity contribution < 1.29 is 14.3 Å². The molecule has 0 bridgehead atoms. The van der Waals surface area contributed by atoms with Gasteiger partial charge in [0.2, 0.25) is 0 Å². The first-order valence-electron chi connectivity index (χ1n) is 6.13. The van der Waals surface area contributed by atoms with Crippen molar-refractivity contribution in [3.05, 3.63) is 65.5 Å². The standard InChI is InChI=1S/C15H15FN2O2/c16-12-6-11(7-13(17)8-12)15(20)18-14(9-19)10-4-2-1-3-5-10/h1-8,14,19H,9,17H2,(H,18,20)/t14-/m1/s1. The molecule has 0 fully saturated rings. The Morgan fingerprint density at radius 1 is 1.25 bits per heavy atom. The highest BCUT2D eigenvalue weighted by Gasteiger charge is 2.15. The third kappa shape index (κ3) is 3.33. The highest BCUT2D eigenvalue weighted by atomic mass is 19.1. The number of halogens is 1. The van der Waals surface area contributed by atoms with Crippen LogP contribution in [0.5, 0.6) is 0 Å². The number of anilines is 1. The number of nitrogens with one attached hydrogen (secondary N) is 1. The Balaban J connectivity index is 2.17. The van der Waals surface area contributed by atoms with Gasteiger partial charge in [0.1, 0.15) is 5.82 Å². The first-order chi connectivity index (χ1) is 9.60. The highest BCUT2D eigenvalue weighted by molar-refractivity contribution is 5.95. The third-order valence-electron chi connectivity index (χ3n) is 2.87. The fourth-order valence-electron chi connectivity index (χ4n) is 1.90. The molecule has 0 aliphatic rings. The maximum Gasteiger partial charge on any atom is 0.252 e. The number of carbonyl (C=O) groups excluding carboxylic acids is 1. The second-order valence-electron chi connectivity index (χ2n) is 4.39. The van der Waals surface area contributed by atoms with E-state index >= 15 is 0 Å². The molecule has 0 heterocycles. The molecular formula is C15H15FN2O2. The zero-order chi connectivity index (χ0) is 14.5. The zero-order valence-corrected chi connectivity index (χ0v) is 10.7. The number of hydrogen-bond donors (Lipinski definition) is 3. The minimum Gasteiger partial charge on any atom is -0.399 e. The lowest BCUT2D eigenvalue weighted by atomic mass is 10.1. The van der Waals surface area contributed by atoms with Gasteiger partial charge in [0.15, 0.2) is 0 Å². The number of carbonyl (C=O) groups is 1. The summed E-state index contributed by atoms with van der Waals surface area (Å²) < 4.78 is 13.2. The second-order valence-corrected chi connectivity index (χ2v) is 4.39. The number of amides is 1. The molecule has 2 aromatic rings. The Bertz CT molecular complexity index is 582. The molecule has 0 aliphatic heterocycles. The third-order valence-corrected chi connectivity index (χ3v) is 2.87.